The Morgan fingerprint density at radius 1 is 1.43 bits per heavy atom. The quantitative estimate of drug-likeness (QED) is 0.798. The molecule has 5 nitrogen and oxygen atoms in total. The van der Waals surface area contributed by atoms with Crippen LogP contribution in [0.25, 0.3) is 0 Å². The third-order valence-corrected chi connectivity index (χ3v) is 4.75. The van der Waals surface area contributed by atoms with Gasteiger partial charge in [-0.3, -0.25) is 5.32 Å². The van der Waals surface area contributed by atoms with E-state index in [1.807, 2.05) is 0 Å². The summed E-state index contributed by atoms with van der Waals surface area (Å²) in [6.45, 7) is 3.55. The molecular weight excluding hydrogens is 290 g/mol. The number of hydrogen-bond acceptors (Lipinski definition) is 4. The molecule has 2 rings (SSSR count). The molecule has 1 fully saturated rings. The molecule has 1 aliphatic carbocycles. The number of anilines is 1. The summed E-state index contributed by atoms with van der Waals surface area (Å²) < 4.78 is 4.83. The molecule has 1 aliphatic rings. The number of aromatic carboxylic acids is 1. The van der Waals surface area contributed by atoms with Crippen LogP contribution in [0.1, 0.15) is 53.3 Å². The fourth-order valence-corrected chi connectivity index (χ4v) is 3.72. The maximum absolute atomic E-state index is 11.6. The molecule has 1 aromatic rings. The average molecular weight is 309 g/mol. The number of carboxylic acids is 1. The molecule has 0 radical (unpaired) electrons. The zero-order chi connectivity index (χ0) is 15.2. The predicted octanol–water partition coefficient (Wildman–Crippen LogP) is 4.23. The molecule has 0 aromatic carbocycles. The van der Waals surface area contributed by atoms with E-state index in [0.717, 1.165) is 17.7 Å². The SMILES string of the molecule is C=CCOC(=O)Nc1sc(C2CCCCC2)cc1C(=O)O. The third-order valence-electron chi connectivity index (χ3n) is 3.54. The van der Waals surface area contributed by atoms with Crippen molar-refractivity contribution in [3.05, 3.63) is 29.2 Å². The largest absolute Gasteiger partial charge is 0.478 e. The fraction of sp³-hybridized carbons (Fsp3) is 0.467. The second kappa shape index (κ2) is 7.26. The highest BCUT2D eigenvalue weighted by atomic mass is 32.1. The number of nitrogens with one attached hydrogen (secondary N) is 1. The van der Waals surface area contributed by atoms with Crippen LogP contribution in [0.3, 0.4) is 0 Å². The maximum Gasteiger partial charge on any atom is 0.412 e. The highest BCUT2D eigenvalue weighted by Crippen LogP contribution is 2.40. The van der Waals surface area contributed by atoms with E-state index in [9.17, 15) is 14.7 Å². The van der Waals surface area contributed by atoms with Gasteiger partial charge in [0.05, 0.1) is 5.56 Å². The van der Waals surface area contributed by atoms with Crippen molar-refractivity contribution in [1.82, 2.24) is 0 Å². The van der Waals surface area contributed by atoms with Crippen molar-refractivity contribution in [3.8, 4) is 0 Å². The Morgan fingerprint density at radius 3 is 2.76 bits per heavy atom. The molecule has 21 heavy (non-hydrogen) atoms. The van der Waals surface area contributed by atoms with Gasteiger partial charge in [0.25, 0.3) is 0 Å². The highest BCUT2D eigenvalue weighted by molar-refractivity contribution is 7.16. The van der Waals surface area contributed by atoms with Crippen LogP contribution in [0.2, 0.25) is 0 Å². The van der Waals surface area contributed by atoms with Crippen molar-refractivity contribution in [2.24, 2.45) is 0 Å². The van der Waals surface area contributed by atoms with E-state index < -0.39 is 12.1 Å². The molecule has 0 unspecified atom stereocenters. The Hall–Kier alpha value is -1.82. The van der Waals surface area contributed by atoms with Gasteiger partial charge < -0.3 is 9.84 Å². The minimum Gasteiger partial charge on any atom is -0.478 e. The van der Waals surface area contributed by atoms with Crippen molar-refractivity contribution in [2.75, 3.05) is 11.9 Å². The first-order chi connectivity index (χ1) is 10.1. The first-order valence-corrected chi connectivity index (χ1v) is 7.85. The van der Waals surface area contributed by atoms with Crippen molar-refractivity contribution in [3.63, 3.8) is 0 Å². The van der Waals surface area contributed by atoms with Gasteiger partial charge in [-0.15, -0.1) is 11.3 Å². The van der Waals surface area contributed by atoms with E-state index in [1.165, 1.54) is 36.7 Å². The Kier molecular flexibility index (Phi) is 5.38. The monoisotopic (exact) mass is 309 g/mol. The smallest absolute Gasteiger partial charge is 0.412 e. The molecule has 1 aromatic heterocycles. The normalized spacial score (nSPS) is 15.4. The number of carbonyl (C=O) groups excluding carboxylic acids is 1. The molecule has 0 spiro atoms. The summed E-state index contributed by atoms with van der Waals surface area (Å²) in [5, 5.41) is 12.1. The highest BCUT2D eigenvalue weighted by Gasteiger charge is 2.23. The minimum atomic E-state index is -1.03. The van der Waals surface area contributed by atoms with Gasteiger partial charge in [0.1, 0.15) is 11.6 Å². The van der Waals surface area contributed by atoms with E-state index in [4.69, 9.17) is 4.74 Å². The molecule has 1 saturated carbocycles. The number of thiophene rings is 1. The molecule has 114 valence electrons. The fourth-order valence-electron chi connectivity index (χ4n) is 2.51. The molecule has 2 N–H and O–H groups in total. The molecule has 0 atom stereocenters. The van der Waals surface area contributed by atoms with Crippen LogP contribution in [0, 0.1) is 0 Å². The number of rotatable bonds is 5. The van der Waals surface area contributed by atoms with Gasteiger partial charge in [-0.1, -0.05) is 31.9 Å². The second-order valence-electron chi connectivity index (χ2n) is 5.04. The predicted molar refractivity (Wildman–Crippen MR) is 82.3 cm³/mol. The van der Waals surface area contributed by atoms with Crippen molar-refractivity contribution < 1.29 is 19.4 Å². The number of amides is 1. The van der Waals surface area contributed by atoms with Crippen LogP contribution in [0.5, 0.6) is 0 Å². The number of hydrogen-bond donors (Lipinski definition) is 2. The van der Waals surface area contributed by atoms with Gasteiger partial charge in [-0.25, -0.2) is 9.59 Å². The van der Waals surface area contributed by atoms with Gasteiger partial charge in [-0.2, -0.15) is 0 Å². The van der Waals surface area contributed by atoms with Crippen LogP contribution >= 0.6 is 11.3 Å². The zero-order valence-corrected chi connectivity index (χ0v) is 12.6. The molecule has 0 bridgehead atoms. The third kappa shape index (κ3) is 4.07. The topological polar surface area (TPSA) is 75.6 Å². The van der Waals surface area contributed by atoms with E-state index in [1.54, 1.807) is 6.07 Å². The van der Waals surface area contributed by atoms with Gasteiger partial charge in [0, 0.05) is 4.88 Å². The second-order valence-corrected chi connectivity index (χ2v) is 6.13. The lowest BCUT2D eigenvalue weighted by atomic mass is 9.88. The number of carboxylic acid groups (broad SMARTS) is 1. The number of carbonyl (C=O) groups is 2. The van der Waals surface area contributed by atoms with Crippen molar-refractivity contribution in [2.45, 2.75) is 38.0 Å². The summed E-state index contributed by atoms with van der Waals surface area (Å²) in [7, 11) is 0. The van der Waals surface area contributed by atoms with Crippen molar-refractivity contribution >= 4 is 28.4 Å². The summed E-state index contributed by atoms with van der Waals surface area (Å²) in [6, 6.07) is 1.69. The van der Waals surface area contributed by atoms with Gasteiger partial charge in [0.2, 0.25) is 0 Å². The summed E-state index contributed by atoms with van der Waals surface area (Å²) >= 11 is 1.34. The lowest BCUT2D eigenvalue weighted by molar-refractivity contribution is 0.0698. The van der Waals surface area contributed by atoms with E-state index >= 15 is 0 Å². The molecular formula is C15H19NO4S. The Balaban J connectivity index is 2.14. The average Bonchev–Trinajstić information content (AvgIpc) is 2.90. The van der Waals surface area contributed by atoms with Crippen LogP contribution in [-0.2, 0) is 4.74 Å². The Morgan fingerprint density at radius 2 is 2.14 bits per heavy atom. The molecule has 0 saturated heterocycles. The van der Waals surface area contributed by atoms with E-state index in [2.05, 4.69) is 11.9 Å². The van der Waals surface area contributed by atoms with E-state index in [-0.39, 0.29) is 12.2 Å². The standard InChI is InChI=1S/C15H19NO4S/c1-2-8-20-15(19)16-13-11(14(17)18)9-12(21-13)10-6-4-3-5-7-10/h2,9-10H,1,3-8H2,(H,16,19)(H,17,18). The van der Waals surface area contributed by atoms with Gasteiger partial charge in [-0.05, 0) is 24.8 Å². The molecule has 1 amide bonds. The molecule has 6 heteroatoms. The summed E-state index contributed by atoms with van der Waals surface area (Å²) in [6.07, 6.45) is 6.56. The van der Waals surface area contributed by atoms with E-state index in [0.29, 0.717) is 10.9 Å². The first kappa shape index (κ1) is 15.6. The lowest BCUT2D eigenvalue weighted by Crippen LogP contribution is -2.14. The van der Waals surface area contributed by atoms with Crippen molar-refractivity contribution in [1.29, 1.82) is 0 Å². The van der Waals surface area contributed by atoms with Crippen LogP contribution in [-0.4, -0.2) is 23.8 Å². The first-order valence-electron chi connectivity index (χ1n) is 7.03. The summed E-state index contributed by atoms with van der Waals surface area (Å²) in [4.78, 5) is 23.9. The summed E-state index contributed by atoms with van der Waals surface area (Å²) in [5.41, 5.74) is 0.135. The maximum atomic E-state index is 11.6. The van der Waals surface area contributed by atoms with Crippen LogP contribution < -0.4 is 5.32 Å². The Bertz CT molecular complexity index is 532. The Labute approximate surface area is 127 Å². The molecule has 1 heterocycles. The van der Waals surface area contributed by atoms with Gasteiger partial charge >= 0.3 is 12.1 Å². The minimum absolute atomic E-state index is 0.0924. The van der Waals surface area contributed by atoms with Crippen LogP contribution in [0.15, 0.2) is 18.7 Å². The lowest BCUT2D eigenvalue weighted by Gasteiger charge is -2.19. The molecule has 0 aliphatic heterocycles. The van der Waals surface area contributed by atoms with Gasteiger partial charge in [0.15, 0.2) is 0 Å². The van der Waals surface area contributed by atoms with Crippen LogP contribution in [0.4, 0.5) is 9.80 Å². The zero-order valence-electron chi connectivity index (χ0n) is 11.8. The summed E-state index contributed by atoms with van der Waals surface area (Å²) in [5.74, 6) is -0.631. The number of ether oxygens (including phenoxy) is 1.